The molecule has 0 aliphatic rings. The van der Waals surface area contributed by atoms with Crippen LogP contribution in [0.4, 0.5) is 0 Å². The minimum atomic E-state index is -0.224. The number of rotatable bonds is 2. The SMILES string of the molecule is Cc1ccc2nc(C(C)Cl)n(-c3cccc(Cl)c3C)c2n1. The predicted molar refractivity (Wildman–Crippen MR) is 87.6 cm³/mol. The maximum absolute atomic E-state index is 6.32. The van der Waals surface area contributed by atoms with Crippen molar-refractivity contribution in [3.8, 4) is 5.69 Å². The molecule has 5 heteroatoms. The molecule has 2 heterocycles. The molecule has 0 saturated carbocycles. The third kappa shape index (κ3) is 2.41. The standard InChI is InChI=1S/C16H15Cl2N3/c1-9-7-8-13-16(19-9)21(15(20-13)11(3)17)14-6-4-5-12(18)10(14)2/h4-8,11H,1-3H3. The summed E-state index contributed by atoms with van der Waals surface area (Å²) < 4.78 is 2.00. The number of aromatic nitrogens is 3. The van der Waals surface area contributed by atoms with Crippen molar-refractivity contribution < 1.29 is 0 Å². The molecule has 0 aliphatic heterocycles. The van der Waals surface area contributed by atoms with Crippen LogP contribution in [0.1, 0.15) is 29.4 Å². The van der Waals surface area contributed by atoms with Crippen molar-refractivity contribution in [1.82, 2.24) is 14.5 Å². The molecule has 2 aromatic heterocycles. The van der Waals surface area contributed by atoms with Crippen LogP contribution in [0.2, 0.25) is 5.02 Å². The van der Waals surface area contributed by atoms with Gasteiger partial charge in [0.2, 0.25) is 0 Å². The second kappa shape index (κ2) is 5.32. The van der Waals surface area contributed by atoms with Gasteiger partial charge in [-0.05, 0) is 50.6 Å². The van der Waals surface area contributed by atoms with Crippen molar-refractivity contribution in [3.63, 3.8) is 0 Å². The van der Waals surface area contributed by atoms with Crippen molar-refractivity contribution in [2.45, 2.75) is 26.1 Å². The summed E-state index contributed by atoms with van der Waals surface area (Å²) in [6.07, 6.45) is 0. The number of pyridine rings is 1. The highest BCUT2D eigenvalue weighted by Crippen LogP contribution is 2.30. The van der Waals surface area contributed by atoms with Crippen LogP contribution >= 0.6 is 23.2 Å². The number of imidazole rings is 1. The average Bonchev–Trinajstić information content (AvgIpc) is 2.80. The maximum Gasteiger partial charge on any atom is 0.164 e. The minimum absolute atomic E-state index is 0.224. The van der Waals surface area contributed by atoms with E-state index in [1.54, 1.807) is 0 Å². The Morgan fingerprint density at radius 1 is 1.10 bits per heavy atom. The van der Waals surface area contributed by atoms with Crippen LogP contribution in [0.5, 0.6) is 0 Å². The summed E-state index contributed by atoms with van der Waals surface area (Å²) in [4.78, 5) is 9.25. The molecule has 0 spiro atoms. The third-order valence-corrected chi connectivity index (χ3v) is 4.11. The normalized spacial score (nSPS) is 12.8. The summed E-state index contributed by atoms with van der Waals surface area (Å²) in [7, 11) is 0. The predicted octanol–water partition coefficient (Wildman–Crippen LogP) is 4.99. The molecule has 21 heavy (non-hydrogen) atoms. The first-order valence-electron chi connectivity index (χ1n) is 6.74. The molecule has 108 valence electrons. The lowest BCUT2D eigenvalue weighted by molar-refractivity contribution is 0.872. The number of nitrogens with zero attached hydrogens (tertiary/aromatic N) is 3. The first-order chi connectivity index (χ1) is 9.99. The number of hydrogen-bond donors (Lipinski definition) is 0. The van der Waals surface area contributed by atoms with Gasteiger partial charge in [0.25, 0.3) is 0 Å². The van der Waals surface area contributed by atoms with Crippen LogP contribution in [-0.2, 0) is 0 Å². The Morgan fingerprint density at radius 2 is 1.86 bits per heavy atom. The lowest BCUT2D eigenvalue weighted by Crippen LogP contribution is -2.05. The van der Waals surface area contributed by atoms with Gasteiger partial charge in [-0.15, -0.1) is 11.6 Å². The fraction of sp³-hybridized carbons (Fsp3) is 0.250. The molecule has 0 fully saturated rings. The van der Waals surface area contributed by atoms with Gasteiger partial charge in [0, 0.05) is 10.7 Å². The highest BCUT2D eigenvalue weighted by atomic mass is 35.5. The lowest BCUT2D eigenvalue weighted by atomic mass is 10.2. The van der Waals surface area contributed by atoms with E-state index in [2.05, 4.69) is 9.97 Å². The third-order valence-electron chi connectivity index (χ3n) is 3.51. The maximum atomic E-state index is 6.32. The molecule has 0 aliphatic carbocycles. The number of hydrogen-bond acceptors (Lipinski definition) is 2. The lowest BCUT2D eigenvalue weighted by Gasteiger charge is -2.13. The number of alkyl halides is 1. The minimum Gasteiger partial charge on any atom is -0.279 e. The van der Waals surface area contributed by atoms with Crippen LogP contribution < -0.4 is 0 Å². The van der Waals surface area contributed by atoms with Gasteiger partial charge >= 0.3 is 0 Å². The first kappa shape index (κ1) is 14.4. The molecule has 0 radical (unpaired) electrons. The summed E-state index contributed by atoms with van der Waals surface area (Å²) >= 11 is 12.6. The van der Waals surface area contributed by atoms with E-state index in [-0.39, 0.29) is 5.38 Å². The molecule has 1 atom stereocenters. The summed E-state index contributed by atoms with van der Waals surface area (Å²) in [5, 5.41) is 0.494. The molecular weight excluding hydrogens is 305 g/mol. The van der Waals surface area contributed by atoms with E-state index in [1.807, 2.05) is 55.7 Å². The van der Waals surface area contributed by atoms with Crippen LogP contribution in [0.3, 0.4) is 0 Å². The van der Waals surface area contributed by atoms with Crippen molar-refractivity contribution in [1.29, 1.82) is 0 Å². The quantitative estimate of drug-likeness (QED) is 0.623. The van der Waals surface area contributed by atoms with Gasteiger partial charge in [0.05, 0.1) is 11.1 Å². The first-order valence-corrected chi connectivity index (χ1v) is 7.56. The second-order valence-corrected chi connectivity index (χ2v) is 6.16. The Bertz CT molecular complexity index is 822. The second-order valence-electron chi connectivity index (χ2n) is 5.10. The monoisotopic (exact) mass is 319 g/mol. The van der Waals surface area contributed by atoms with E-state index >= 15 is 0 Å². The Balaban J connectivity index is 2.41. The van der Waals surface area contributed by atoms with Crippen molar-refractivity contribution in [2.24, 2.45) is 0 Å². The molecule has 0 saturated heterocycles. The number of aryl methyl sites for hydroxylation is 1. The summed E-state index contributed by atoms with van der Waals surface area (Å²) in [6.45, 7) is 5.86. The fourth-order valence-electron chi connectivity index (χ4n) is 2.41. The molecular formula is C16H15Cl2N3. The zero-order valence-electron chi connectivity index (χ0n) is 12.1. The van der Waals surface area contributed by atoms with Crippen molar-refractivity contribution in [2.75, 3.05) is 0 Å². The van der Waals surface area contributed by atoms with Gasteiger partial charge in [-0.1, -0.05) is 17.7 Å². The molecule has 0 bridgehead atoms. The highest BCUT2D eigenvalue weighted by molar-refractivity contribution is 6.31. The topological polar surface area (TPSA) is 30.7 Å². The largest absolute Gasteiger partial charge is 0.279 e. The summed E-state index contributed by atoms with van der Waals surface area (Å²) in [5.74, 6) is 0.773. The Kier molecular flexibility index (Phi) is 3.64. The van der Waals surface area contributed by atoms with E-state index < -0.39 is 0 Å². The van der Waals surface area contributed by atoms with E-state index in [4.69, 9.17) is 23.2 Å². The highest BCUT2D eigenvalue weighted by Gasteiger charge is 2.19. The Morgan fingerprint density at radius 3 is 2.57 bits per heavy atom. The molecule has 0 N–H and O–H groups in total. The van der Waals surface area contributed by atoms with E-state index in [1.165, 1.54) is 0 Å². The number of halogens is 2. The summed E-state index contributed by atoms with van der Waals surface area (Å²) in [6, 6.07) is 9.73. The number of fused-ring (bicyclic) bond motifs is 1. The fourth-order valence-corrected chi connectivity index (χ4v) is 2.73. The molecule has 3 rings (SSSR count). The zero-order valence-corrected chi connectivity index (χ0v) is 13.6. The van der Waals surface area contributed by atoms with Gasteiger partial charge < -0.3 is 0 Å². The van der Waals surface area contributed by atoms with Crippen LogP contribution in [0, 0.1) is 13.8 Å². The van der Waals surface area contributed by atoms with Gasteiger partial charge in [0.1, 0.15) is 11.3 Å². The van der Waals surface area contributed by atoms with Gasteiger partial charge in [0.15, 0.2) is 5.65 Å². The Hall–Kier alpha value is -1.58. The van der Waals surface area contributed by atoms with Gasteiger partial charge in [-0.2, -0.15) is 0 Å². The van der Waals surface area contributed by atoms with Gasteiger partial charge in [-0.3, -0.25) is 4.57 Å². The average molecular weight is 320 g/mol. The van der Waals surface area contributed by atoms with Gasteiger partial charge in [-0.25, -0.2) is 9.97 Å². The molecule has 0 amide bonds. The molecule has 3 aromatic rings. The summed E-state index contributed by atoms with van der Waals surface area (Å²) in [5.41, 5.74) is 4.54. The molecule has 1 unspecified atom stereocenters. The zero-order chi connectivity index (χ0) is 15.1. The van der Waals surface area contributed by atoms with E-state index in [9.17, 15) is 0 Å². The van der Waals surface area contributed by atoms with Crippen LogP contribution in [0.15, 0.2) is 30.3 Å². The smallest absolute Gasteiger partial charge is 0.164 e. The van der Waals surface area contributed by atoms with Crippen molar-refractivity contribution in [3.05, 3.63) is 52.4 Å². The van der Waals surface area contributed by atoms with E-state index in [0.717, 1.165) is 39.0 Å². The molecule has 1 aromatic carbocycles. The Labute approximate surface area is 133 Å². The van der Waals surface area contributed by atoms with E-state index in [0.29, 0.717) is 0 Å². The molecule has 3 nitrogen and oxygen atoms in total. The number of benzene rings is 1. The van der Waals surface area contributed by atoms with Crippen LogP contribution in [-0.4, -0.2) is 14.5 Å². The van der Waals surface area contributed by atoms with Crippen molar-refractivity contribution >= 4 is 34.4 Å². The van der Waals surface area contributed by atoms with Crippen LogP contribution in [0.25, 0.3) is 16.9 Å².